The topological polar surface area (TPSA) is 23.8 Å². The maximum atomic E-state index is 8.59. The fraction of sp³-hybridized carbons (Fsp3) is 0.125. The summed E-state index contributed by atoms with van der Waals surface area (Å²) < 4.78 is 0. The van der Waals surface area contributed by atoms with Crippen LogP contribution in [0, 0.1) is 11.3 Å². The molecule has 0 heterocycles. The van der Waals surface area contributed by atoms with Gasteiger partial charge < -0.3 is 0 Å². The van der Waals surface area contributed by atoms with Crippen LogP contribution >= 0.6 is 11.8 Å². The SMILES string of the molecule is CSc1ccccc1C#N.F. The van der Waals surface area contributed by atoms with E-state index in [-0.39, 0.29) is 4.70 Å². The lowest BCUT2D eigenvalue weighted by Gasteiger charge is -1.95. The molecule has 0 saturated carbocycles. The van der Waals surface area contributed by atoms with Crippen LogP contribution in [0.5, 0.6) is 0 Å². The van der Waals surface area contributed by atoms with E-state index in [0.717, 1.165) is 10.5 Å². The van der Waals surface area contributed by atoms with Crippen LogP contribution in [0.4, 0.5) is 4.70 Å². The molecule has 0 N–H and O–H groups in total. The van der Waals surface area contributed by atoms with Gasteiger partial charge in [-0.25, -0.2) is 0 Å². The second kappa shape index (κ2) is 4.75. The van der Waals surface area contributed by atoms with Gasteiger partial charge in [0.05, 0.1) is 5.56 Å². The van der Waals surface area contributed by atoms with Crippen LogP contribution in [0.25, 0.3) is 0 Å². The van der Waals surface area contributed by atoms with Gasteiger partial charge >= 0.3 is 0 Å². The molecule has 0 radical (unpaired) electrons. The largest absolute Gasteiger partial charge is 0.269 e. The summed E-state index contributed by atoms with van der Waals surface area (Å²) in [7, 11) is 0. The maximum Gasteiger partial charge on any atom is 0.100 e. The van der Waals surface area contributed by atoms with E-state index in [9.17, 15) is 0 Å². The molecule has 0 unspecified atom stereocenters. The van der Waals surface area contributed by atoms with Gasteiger partial charge in [-0.2, -0.15) is 5.26 Å². The minimum Gasteiger partial charge on any atom is -0.269 e. The van der Waals surface area contributed by atoms with E-state index in [1.165, 1.54) is 0 Å². The third-order valence-electron chi connectivity index (χ3n) is 1.23. The highest BCUT2D eigenvalue weighted by Crippen LogP contribution is 2.18. The molecule has 0 saturated heterocycles. The molecule has 58 valence electrons. The van der Waals surface area contributed by atoms with Gasteiger partial charge in [0.25, 0.3) is 0 Å². The van der Waals surface area contributed by atoms with E-state index >= 15 is 0 Å². The highest BCUT2D eigenvalue weighted by atomic mass is 32.2. The molecule has 0 bridgehead atoms. The first-order chi connectivity index (χ1) is 4.88. The smallest absolute Gasteiger partial charge is 0.100 e. The van der Waals surface area contributed by atoms with E-state index in [4.69, 9.17) is 5.26 Å². The van der Waals surface area contributed by atoms with Gasteiger partial charge in [0.15, 0.2) is 0 Å². The van der Waals surface area contributed by atoms with Crippen molar-refractivity contribution < 1.29 is 4.70 Å². The molecule has 0 aliphatic carbocycles. The first kappa shape index (κ1) is 9.99. The number of benzene rings is 1. The summed E-state index contributed by atoms with van der Waals surface area (Å²) >= 11 is 1.60. The lowest BCUT2D eigenvalue weighted by molar-refractivity contribution is 1.11. The van der Waals surface area contributed by atoms with Gasteiger partial charge in [0, 0.05) is 4.90 Å². The van der Waals surface area contributed by atoms with E-state index in [1.54, 1.807) is 11.8 Å². The third kappa shape index (κ3) is 2.24. The Morgan fingerprint density at radius 2 is 2.00 bits per heavy atom. The minimum absolute atomic E-state index is 0. The van der Waals surface area contributed by atoms with E-state index < -0.39 is 0 Å². The molecule has 11 heavy (non-hydrogen) atoms. The van der Waals surface area contributed by atoms with Crippen molar-refractivity contribution in [3.63, 3.8) is 0 Å². The third-order valence-corrected chi connectivity index (χ3v) is 2.02. The quantitative estimate of drug-likeness (QED) is 0.603. The zero-order chi connectivity index (χ0) is 7.40. The Hall–Kier alpha value is -1.01. The Kier molecular flexibility index (Phi) is 4.32. The number of nitrogens with zero attached hydrogens (tertiary/aromatic N) is 1. The number of hydrogen-bond donors (Lipinski definition) is 0. The molecule has 1 rings (SSSR count). The van der Waals surface area contributed by atoms with Gasteiger partial charge in [-0.05, 0) is 18.4 Å². The standard InChI is InChI=1S/C8H7NS.FH/c1-10-8-5-3-2-4-7(8)6-9;/h2-5H,1H3;1H. The molecule has 0 aliphatic rings. The van der Waals surface area contributed by atoms with Crippen LogP contribution in [0.15, 0.2) is 29.2 Å². The summed E-state index contributed by atoms with van der Waals surface area (Å²) in [6.45, 7) is 0. The summed E-state index contributed by atoms with van der Waals surface area (Å²) in [5.41, 5.74) is 0.759. The van der Waals surface area contributed by atoms with E-state index in [2.05, 4.69) is 6.07 Å². The molecule has 0 atom stereocenters. The van der Waals surface area contributed by atoms with E-state index in [0.29, 0.717) is 0 Å². The normalized spacial score (nSPS) is 8.00. The zero-order valence-corrected chi connectivity index (χ0v) is 6.89. The van der Waals surface area contributed by atoms with Crippen LogP contribution in [-0.4, -0.2) is 6.26 Å². The average Bonchev–Trinajstić information content (AvgIpc) is 2.04. The van der Waals surface area contributed by atoms with Crippen LogP contribution < -0.4 is 0 Å². The number of nitriles is 1. The van der Waals surface area contributed by atoms with Crippen LogP contribution in [0.2, 0.25) is 0 Å². The summed E-state index contributed by atoms with van der Waals surface area (Å²) in [6.07, 6.45) is 1.97. The fourth-order valence-corrected chi connectivity index (χ4v) is 1.29. The number of thioether (sulfide) groups is 1. The van der Waals surface area contributed by atoms with Crippen molar-refractivity contribution in [1.29, 1.82) is 5.26 Å². The van der Waals surface area contributed by atoms with Crippen molar-refractivity contribution in [2.24, 2.45) is 0 Å². The van der Waals surface area contributed by atoms with Crippen LogP contribution in [0.1, 0.15) is 5.56 Å². The zero-order valence-electron chi connectivity index (χ0n) is 6.07. The number of rotatable bonds is 1. The molecule has 0 amide bonds. The Bertz CT molecular complexity index is 267. The molecule has 1 aromatic rings. The minimum atomic E-state index is 0. The number of hydrogen-bond acceptors (Lipinski definition) is 2. The summed E-state index contributed by atoms with van der Waals surface area (Å²) in [4.78, 5) is 1.05. The predicted octanol–water partition coefficient (Wildman–Crippen LogP) is 2.43. The molecule has 3 heteroatoms. The average molecular weight is 169 g/mol. The molecule has 0 fully saturated rings. The van der Waals surface area contributed by atoms with E-state index in [1.807, 2.05) is 30.5 Å². The predicted molar refractivity (Wildman–Crippen MR) is 45.4 cm³/mol. The van der Waals surface area contributed by atoms with Crippen molar-refractivity contribution in [1.82, 2.24) is 0 Å². The number of halogens is 1. The second-order valence-electron chi connectivity index (χ2n) is 1.81. The summed E-state index contributed by atoms with van der Waals surface area (Å²) in [6, 6.07) is 9.71. The first-order valence-corrected chi connectivity index (χ1v) is 4.14. The molecule has 0 aromatic heterocycles. The molecule has 0 spiro atoms. The van der Waals surface area contributed by atoms with Crippen molar-refractivity contribution in [2.45, 2.75) is 4.90 Å². The molecular formula is C8H8FNS. The van der Waals surface area contributed by atoms with Gasteiger partial charge in [-0.1, -0.05) is 12.1 Å². The highest BCUT2D eigenvalue weighted by molar-refractivity contribution is 7.98. The summed E-state index contributed by atoms with van der Waals surface area (Å²) in [5, 5.41) is 8.59. The lowest BCUT2D eigenvalue weighted by Crippen LogP contribution is -1.76. The maximum absolute atomic E-state index is 8.59. The second-order valence-corrected chi connectivity index (χ2v) is 2.66. The van der Waals surface area contributed by atoms with Crippen molar-refractivity contribution in [3.05, 3.63) is 29.8 Å². The first-order valence-electron chi connectivity index (χ1n) is 2.91. The Morgan fingerprint density at radius 1 is 1.36 bits per heavy atom. The molecule has 1 aromatic carbocycles. The Labute approximate surface area is 69.4 Å². The summed E-state index contributed by atoms with van der Waals surface area (Å²) in [5.74, 6) is 0. The lowest BCUT2D eigenvalue weighted by atomic mass is 10.2. The van der Waals surface area contributed by atoms with Gasteiger partial charge in [-0.3, -0.25) is 4.70 Å². The van der Waals surface area contributed by atoms with Crippen molar-refractivity contribution in [2.75, 3.05) is 6.26 Å². The molecule has 1 nitrogen and oxygen atoms in total. The van der Waals surface area contributed by atoms with Crippen LogP contribution in [0.3, 0.4) is 0 Å². The van der Waals surface area contributed by atoms with Crippen LogP contribution in [-0.2, 0) is 0 Å². The van der Waals surface area contributed by atoms with Crippen molar-refractivity contribution in [3.8, 4) is 6.07 Å². The van der Waals surface area contributed by atoms with Gasteiger partial charge in [0.2, 0.25) is 0 Å². The molecular weight excluding hydrogens is 161 g/mol. The Balaban J connectivity index is 0.000001000. The Morgan fingerprint density at radius 3 is 2.45 bits per heavy atom. The van der Waals surface area contributed by atoms with Gasteiger partial charge in [-0.15, -0.1) is 11.8 Å². The fourth-order valence-electron chi connectivity index (χ4n) is 0.737. The molecule has 0 aliphatic heterocycles. The highest BCUT2D eigenvalue weighted by Gasteiger charge is 1.95. The monoisotopic (exact) mass is 169 g/mol. The van der Waals surface area contributed by atoms with Crippen molar-refractivity contribution >= 4 is 11.8 Å². The van der Waals surface area contributed by atoms with Gasteiger partial charge in [0.1, 0.15) is 6.07 Å².